The molecule has 0 atom stereocenters. The largest absolute Gasteiger partial charge is 0.297 e. The van der Waals surface area contributed by atoms with Gasteiger partial charge in [0, 0.05) is 29.9 Å². The van der Waals surface area contributed by atoms with Crippen molar-refractivity contribution in [1.82, 2.24) is 14.6 Å². The van der Waals surface area contributed by atoms with E-state index in [0.717, 1.165) is 11.3 Å². The normalized spacial score (nSPS) is 11.2. The zero-order chi connectivity index (χ0) is 14.3. The Morgan fingerprint density at radius 2 is 2.05 bits per heavy atom. The maximum atomic E-state index is 12.4. The molecule has 0 saturated carbocycles. The predicted molar refractivity (Wildman–Crippen MR) is 79.8 cm³/mol. The van der Waals surface area contributed by atoms with Gasteiger partial charge in [-0.15, -0.1) is 0 Å². The minimum Gasteiger partial charge on any atom is -0.297 e. The summed E-state index contributed by atoms with van der Waals surface area (Å²) in [6.45, 7) is 1.83. The number of nitrogens with zero attached hydrogens (tertiary/aromatic N) is 2. The van der Waals surface area contributed by atoms with Crippen molar-refractivity contribution < 1.29 is 0 Å². The number of nitrogens with one attached hydrogen (secondary N) is 1. The Balaban J connectivity index is 2.10. The SMILES string of the molecule is Cc1nc2cc[nH]n2c(=O)c1Cc1ccc(Cl)c(Cl)c1. The second-order valence-electron chi connectivity index (χ2n) is 4.56. The van der Waals surface area contributed by atoms with E-state index in [4.69, 9.17) is 23.2 Å². The number of benzene rings is 1. The topological polar surface area (TPSA) is 50.2 Å². The highest BCUT2D eigenvalue weighted by molar-refractivity contribution is 6.42. The minimum absolute atomic E-state index is 0.0939. The maximum absolute atomic E-state index is 12.4. The third kappa shape index (κ3) is 2.21. The summed E-state index contributed by atoms with van der Waals surface area (Å²) < 4.78 is 1.43. The Morgan fingerprint density at radius 1 is 1.25 bits per heavy atom. The number of rotatable bonds is 2. The lowest BCUT2D eigenvalue weighted by atomic mass is 10.1. The first kappa shape index (κ1) is 13.2. The molecule has 3 aromatic rings. The molecule has 1 aromatic carbocycles. The number of H-pyrrole nitrogens is 1. The lowest BCUT2D eigenvalue weighted by molar-refractivity contribution is 0.859. The molecule has 3 rings (SSSR count). The number of aromatic nitrogens is 3. The lowest BCUT2D eigenvalue weighted by Gasteiger charge is -2.06. The number of fused-ring (bicyclic) bond motifs is 1. The molecule has 0 fully saturated rings. The van der Waals surface area contributed by atoms with Gasteiger partial charge in [-0.3, -0.25) is 9.89 Å². The smallest absolute Gasteiger partial charge is 0.276 e. The van der Waals surface area contributed by atoms with Crippen LogP contribution >= 0.6 is 23.2 Å². The molecule has 0 spiro atoms. The number of aryl methyl sites for hydroxylation is 1. The van der Waals surface area contributed by atoms with Crippen LogP contribution in [0.2, 0.25) is 10.0 Å². The van der Waals surface area contributed by atoms with Crippen molar-refractivity contribution in [3.8, 4) is 0 Å². The van der Waals surface area contributed by atoms with Crippen molar-refractivity contribution >= 4 is 28.8 Å². The van der Waals surface area contributed by atoms with Crippen LogP contribution in [0.5, 0.6) is 0 Å². The van der Waals surface area contributed by atoms with Gasteiger partial charge in [0.1, 0.15) is 0 Å². The Kier molecular flexibility index (Phi) is 3.28. The molecular weight excluding hydrogens is 297 g/mol. The van der Waals surface area contributed by atoms with Crippen LogP contribution in [0.4, 0.5) is 0 Å². The van der Waals surface area contributed by atoms with E-state index in [-0.39, 0.29) is 5.56 Å². The van der Waals surface area contributed by atoms with Crippen LogP contribution in [0.25, 0.3) is 5.65 Å². The summed E-state index contributed by atoms with van der Waals surface area (Å²) in [4.78, 5) is 16.8. The van der Waals surface area contributed by atoms with Gasteiger partial charge in [0.15, 0.2) is 5.65 Å². The molecule has 0 amide bonds. The molecule has 0 aliphatic carbocycles. The van der Waals surface area contributed by atoms with Crippen molar-refractivity contribution in [2.45, 2.75) is 13.3 Å². The highest BCUT2D eigenvalue weighted by Crippen LogP contribution is 2.23. The molecule has 1 N–H and O–H groups in total. The van der Waals surface area contributed by atoms with E-state index >= 15 is 0 Å². The molecule has 0 bridgehead atoms. The summed E-state index contributed by atoms with van der Waals surface area (Å²) in [6.07, 6.45) is 2.16. The number of halogens is 2. The summed E-state index contributed by atoms with van der Waals surface area (Å²) in [7, 11) is 0. The van der Waals surface area contributed by atoms with E-state index in [1.165, 1.54) is 4.52 Å². The van der Waals surface area contributed by atoms with E-state index in [1.807, 2.05) is 13.0 Å². The molecular formula is C14H11Cl2N3O. The Hall–Kier alpha value is -1.78. The molecule has 4 nitrogen and oxygen atoms in total. The second kappa shape index (κ2) is 4.96. The monoisotopic (exact) mass is 307 g/mol. The van der Waals surface area contributed by atoms with Gasteiger partial charge in [0.2, 0.25) is 0 Å². The Labute approximate surface area is 125 Å². The second-order valence-corrected chi connectivity index (χ2v) is 5.38. The number of hydrogen-bond acceptors (Lipinski definition) is 2. The van der Waals surface area contributed by atoms with Crippen molar-refractivity contribution in [1.29, 1.82) is 0 Å². The molecule has 0 aliphatic rings. The van der Waals surface area contributed by atoms with Gasteiger partial charge in [-0.25, -0.2) is 9.50 Å². The third-order valence-electron chi connectivity index (χ3n) is 3.21. The van der Waals surface area contributed by atoms with Crippen molar-refractivity contribution in [2.24, 2.45) is 0 Å². The molecule has 2 heterocycles. The summed E-state index contributed by atoms with van der Waals surface area (Å²) >= 11 is 11.9. The highest BCUT2D eigenvalue weighted by Gasteiger charge is 2.11. The first-order chi connectivity index (χ1) is 9.56. The van der Waals surface area contributed by atoms with Crippen LogP contribution in [0, 0.1) is 6.92 Å². The molecule has 102 valence electrons. The zero-order valence-electron chi connectivity index (χ0n) is 10.7. The fourth-order valence-electron chi connectivity index (χ4n) is 2.16. The van der Waals surface area contributed by atoms with Crippen LogP contribution in [0.1, 0.15) is 16.8 Å². The van der Waals surface area contributed by atoms with Gasteiger partial charge in [0.25, 0.3) is 5.56 Å². The Bertz CT molecular complexity index is 851. The van der Waals surface area contributed by atoms with Crippen molar-refractivity contribution in [3.05, 3.63) is 67.7 Å². The molecule has 0 unspecified atom stereocenters. The average Bonchev–Trinajstić information content (AvgIpc) is 2.87. The zero-order valence-corrected chi connectivity index (χ0v) is 12.2. The van der Waals surface area contributed by atoms with Gasteiger partial charge < -0.3 is 0 Å². The summed E-state index contributed by atoms with van der Waals surface area (Å²) in [5.41, 5.74) is 2.81. The van der Waals surface area contributed by atoms with E-state index in [9.17, 15) is 4.79 Å². The minimum atomic E-state index is -0.0939. The average molecular weight is 308 g/mol. The fraction of sp³-hybridized carbons (Fsp3) is 0.143. The molecule has 0 aliphatic heterocycles. The molecule has 0 radical (unpaired) electrons. The van der Waals surface area contributed by atoms with Crippen LogP contribution in [0.15, 0.2) is 35.3 Å². The maximum Gasteiger partial charge on any atom is 0.276 e. The summed E-state index contributed by atoms with van der Waals surface area (Å²) in [5, 5.41) is 3.84. The third-order valence-corrected chi connectivity index (χ3v) is 3.95. The first-order valence-electron chi connectivity index (χ1n) is 6.06. The van der Waals surface area contributed by atoms with E-state index < -0.39 is 0 Å². The van der Waals surface area contributed by atoms with Gasteiger partial charge >= 0.3 is 0 Å². The lowest BCUT2D eigenvalue weighted by Crippen LogP contribution is -2.21. The standard InChI is InChI=1S/C14H11Cl2N3O/c1-8-10(6-9-2-3-11(15)12(16)7-9)14(20)19-13(18-8)4-5-17-19/h2-5,7,17H,6H2,1H3. The van der Waals surface area contributed by atoms with Gasteiger partial charge in [-0.1, -0.05) is 29.3 Å². The summed E-state index contributed by atoms with van der Waals surface area (Å²) in [5.74, 6) is 0. The van der Waals surface area contributed by atoms with Crippen LogP contribution in [0.3, 0.4) is 0 Å². The quantitative estimate of drug-likeness (QED) is 0.790. The van der Waals surface area contributed by atoms with E-state index in [1.54, 1.807) is 24.4 Å². The first-order valence-corrected chi connectivity index (χ1v) is 6.81. The Morgan fingerprint density at radius 3 is 2.80 bits per heavy atom. The van der Waals surface area contributed by atoms with Gasteiger partial charge in [0.05, 0.1) is 10.0 Å². The van der Waals surface area contributed by atoms with Crippen LogP contribution in [-0.2, 0) is 6.42 Å². The van der Waals surface area contributed by atoms with Gasteiger partial charge in [-0.05, 0) is 24.6 Å². The summed E-state index contributed by atoms with van der Waals surface area (Å²) in [6, 6.07) is 7.12. The highest BCUT2D eigenvalue weighted by atomic mass is 35.5. The van der Waals surface area contributed by atoms with E-state index in [0.29, 0.717) is 27.7 Å². The molecule has 2 aromatic heterocycles. The van der Waals surface area contributed by atoms with Crippen LogP contribution in [-0.4, -0.2) is 14.6 Å². The number of hydrogen-bond donors (Lipinski definition) is 1. The molecule has 6 heteroatoms. The van der Waals surface area contributed by atoms with Crippen molar-refractivity contribution in [3.63, 3.8) is 0 Å². The van der Waals surface area contributed by atoms with Gasteiger partial charge in [-0.2, -0.15) is 0 Å². The molecule has 0 saturated heterocycles. The van der Waals surface area contributed by atoms with Crippen LogP contribution < -0.4 is 5.56 Å². The fourth-order valence-corrected chi connectivity index (χ4v) is 2.48. The van der Waals surface area contributed by atoms with Crippen molar-refractivity contribution in [2.75, 3.05) is 0 Å². The predicted octanol–water partition coefficient (Wildman–Crippen LogP) is 3.23. The molecule has 20 heavy (non-hydrogen) atoms. The number of aromatic amines is 1. The van der Waals surface area contributed by atoms with E-state index in [2.05, 4.69) is 10.1 Å².